The summed E-state index contributed by atoms with van der Waals surface area (Å²) >= 11 is 0. The minimum atomic E-state index is -0.0914. The average molecular weight is 341 g/mol. The molecular formula is C18H23N5O2. The first kappa shape index (κ1) is 16.1. The Balaban J connectivity index is 1.67. The van der Waals surface area contributed by atoms with Crippen molar-refractivity contribution in [2.24, 2.45) is 11.8 Å². The predicted molar refractivity (Wildman–Crippen MR) is 93.1 cm³/mol. The van der Waals surface area contributed by atoms with Crippen molar-refractivity contribution in [2.75, 3.05) is 6.61 Å². The Morgan fingerprint density at radius 3 is 3.04 bits per heavy atom. The number of fused-ring (bicyclic) bond motifs is 3. The molecule has 7 heteroatoms. The van der Waals surface area contributed by atoms with E-state index in [1.54, 1.807) is 6.20 Å². The Hall–Kier alpha value is -2.44. The fourth-order valence-electron chi connectivity index (χ4n) is 4.27. The Kier molecular flexibility index (Phi) is 4.15. The average Bonchev–Trinajstić information content (AvgIpc) is 3.31. The number of rotatable bonds is 5. The van der Waals surface area contributed by atoms with Gasteiger partial charge in [0, 0.05) is 18.5 Å². The van der Waals surface area contributed by atoms with Crippen molar-refractivity contribution in [1.29, 1.82) is 0 Å². The zero-order valence-corrected chi connectivity index (χ0v) is 14.6. The highest BCUT2D eigenvalue weighted by Gasteiger charge is 2.38. The highest BCUT2D eigenvalue weighted by molar-refractivity contribution is 5.74. The molecule has 3 aromatic heterocycles. The number of nitrogens with one attached hydrogen (secondary N) is 1. The van der Waals surface area contributed by atoms with Crippen molar-refractivity contribution in [3.63, 3.8) is 0 Å². The van der Waals surface area contributed by atoms with Crippen molar-refractivity contribution in [2.45, 2.75) is 45.4 Å². The Bertz CT molecular complexity index is 899. The largest absolute Gasteiger partial charge is 0.466 e. The normalized spacial score (nSPS) is 23.5. The number of hydrogen-bond acceptors (Lipinski definition) is 5. The minimum absolute atomic E-state index is 0.0914. The predicted octanol–water partition coefficient (Wildman–Crippen LogP) is 3.08. The van der Waals surface area contributed by atoms with E-state index in [1.165, 1.54) is 0 Å². The number of aromatic nitrogens is 5. The van der Waals surface area contributed by atoms with Gasteiger partial charge in [0.2, 0.25) is 0 Å². The number of aromatic amines is 1. The first-order valence-electron chi connectivity index (χ1n) is 9.04. The molecule has 3 unspecified atom stereocenters. The van der Waals surface area contributed by atoms with Crippen molar-refractivity contribution >= 4 is 22.8 Å². The molecule has 4 rings (SSSR count). The molecule has 0 saturated heterocycles. The quantitative estimate of drug-likeness (QED) is 0.721. The third-order valence-electron chi connectivity index (χ3n) is 5.38. The van der Waals surface area contributed by atoms with Crippen LogP contribution in [0.15, 0.2) is 18.5 Å². The van der Waals surface area contributed by atoms with E-state index in [1.807, 2.05) is 19.2 Å². The third-order valence-corrected chi connectivity index (χ3v) is 5.38. The summed E-state index contributed by atoms with van der Waals surface area (Å²) in [4.78, 5) is 19.4. The Morgan fingerprint density at radius 2 is 2.24 bits per heavy atom. The van der Waals surface area contributed by atoms with Gasteiger partial charge in [-0.05, 0) is 37.7 Å². The van der Waals surface area contributed by atoms with Gasteiger partial charge in [-0.3, -0.25) is 9.20 Å². The monoisotopic (exact) mass is 341 g/mol. The number of carbonyl (C=O) groups excluding carboxylic acids is 1. The van der Waals surface area contributed by atoms with Crippen LogP contribution in [0.5, 0.6) is 0 Å². The van der Waals surface area contributed by atoms with Crippen LogP contribution in [0.2, 0.25) is 0 Å². The number of carbonyl (C=O) groups is 1. The van der Waals surface area contributed by atoms with Crippen molar-refractivity contribution in [3.05, 3.63) is 24.3 Å². The lowest BCUT2D eigenvalue weighted by Crippen LogP contribution is -2.10. The number of esters is 1. The molecule has 3 heterocycles. The van der Waals surface area contributed by atoms with Gasteiger partial charge in [-0.15, -0.1) is 10.2 Å². The van der Waals surface area contributed by atoms with Crippen LogP contribution in [0.25, 0.3) is 16.8 Å². The van der Waals surface area contributed by atoms with Gasteiger partial charge in [0.05, 0.1) is 18.3 Å². The lowest BCUT2D eigenvalue weighted by molar-refractivity contribution is -0.144. The van der Waals surface area contributed by atoms with Gasteiger partial charge in [-0.2, -0.15) is 0 Å². The first-order chi connectivity index (χ1) is 12.2. The van der Waals surface area contributed by atoms with E-state index in [4.69, 9.17) is 4.74 Å². The molecule has 1 aliphatic rings. The molecule has 3 aromatic rings. The summed E-state index contributed by atoms with van der Waals surface area (Å²) in [5.41, 5.74) is 2.61. The summed E-state index contributed by atoms with van der Waals surface area (Å²) in [7, 11) is 0. The van der Waals surface area contributed by atoms with Crippen molar-refractivity contribution < 1.29 is 9.53 Å². The molecule has 3 atom stereocenters. The van der Waals surface area contributed by atoms with Crippen molar-refractivity contribution in [3.8, 4) is 0 Å². The zero-order valence-electron chi connectivity index (χ0n) is 14.6. The van der Waals surface area contributed by atoms with E-state index < -0.39 is 0 Å². The molecule has 1 aliphatic carbocycles. The zero-order chi connectivity index (χ0) is 17.4. The van der Waals surface area contributed by atoms with E-state index in [0.717, 1.165) is 41.9 Å². The molecule has 0 amide bonds. The van der Waals surface area contributed by atoms with E-state index in [0.29, 0.717) is 30.8 Å². The maximum Gasteiger partial charge on any atom is 0.306 e. The second kappa shape index (κ2) is 6.46. The van der Waals surface area contributed by atoms with E-state index in [2.05, 4.69) is 31.5 Å². The lowest BCUT2D eigenvalue weighted by Gasteiger charge is -2.16. The van der Waals surface area contributed by atoms with Crippen LogP contribution in [0, 0.1) is 11.8 Å². The van der Waals surface area contributed by atoms with Crippen LogP contribution in [-0.4, -0.2) is 37.1 Å². The summed E-state index contributed by atoms with van der Waals surface area (Å²) < 4.78 is 7.24. The van der Waals surface area contributed by atoms with Crippen molar-refractivity contribution in [1.82, 2.24) is 24.6 Å². The fraction of sp³-hybridized carbons (Fsp3) is 0.556. The van der Waals surface area contributed by atoms with Crippen LogP contribution in [0.1, 0.15) is 51.3 Å². The van der Waals surface area contributed by atoms with Crippen LogP contribution in [-0.2, 0) is 9.53 Å². The van der Waals surface area contributed by atoms with E-state index in [-0.39, 0.29) is 5.97 Å². The second-order valence-corrected chi connectivity index (χ2v) is 6.84. The molecule has 0 radical (unpaired) electrons. The minimum Gasteiger partial charge on any atom is -0.466 e. The number of ether oxygens (including phenoxy) is 1. The highest BCUT2D eigenvalue weighted by Crippen LogP contribution is 2.45. The summed E-state index contributed by atoms with van der Waals surface area (Å²) in [5, 5.41) is 8.82. The third kappa shape index (κ3) is 2.77. The molecule has 1 fully saturated rings. The van der Waals surface area contributed by atoms with Crippen LogP contribution >= 0.6 is 0 Å². The summed E-state index contributed by atoms with van der Waals surface area (Å²) in [6, 6.07) is 2.01. The van der Waals surface area contributed by atoms with E-state index >= 15 is 0 Å². The summed E-state index contributed by atoms with van der Waals surface area (Å²) in [5.74, 6) is 2.06. The molecule has 0 aromatic carbocycles. The Labute approximate surface area is 145 Å². The van der Waals surface area contributed by atoms with Crippen LogP contribution < -0.4 is 0 Å². The summed E-state index contributed by atoms with van der Waals surface area (Å²) in [6.07, 6.45) is 7.19. The second-order valence-electron chi connectivity index (χ2n) is 6.84. The molecule has 1 saturated carbocycles. The molecule has 25 heavy (non-hydrogen) atoms. The van der Waals surface area contributed by atoms with Gasteiger partial charge in [-0.1, -0.05) is 13.3 Å². The molecule has 0 spiro atoms. The molecule has 0 bridgehead atoms. The Morgan fingerprint density at radius 1 is 1.36 bits per heavy atom. The van der Waals surface area contributed by atoms with Crippen LogP contribution in [0.4, 0.5) is 0 Å². The van der Waals surface area contributed by atoms with Gasteiger partial charge in [0.25, 0.3) is 0 Å². The number of H-pyrrole nitrogens is 1. The molecule has 132 valence electrons. The number of hydrogen-bond donors (Lipinski definition) is 1. The molecular weight excluding hydrogens is 318 g/mol. The van der Waals surface area contributed by atoms with Gasteiger partial charge in [-0.25, -0.2) is 4.98 Å². The summed E-state index contributed by atoms with van der Waals surface area (Å²) in [6.45, 7) is 4.50. The van der Waals surface area contributed by atoms with Crippen LogP contribution in [0.3, 0.4) is 0 Å². The molecule has 0 aliphatic heterocycles. The first-order valence-corrected chi connectivity index (χ1v) is 9.04. The smallest absolute Gasteiger partial charge is 0.306 e. The lowest BCUT2D eigenvalue weighted by atomic mass is 9.93. The van der Waals surface area contributed by atoms with Gasteiger partial charge in [0.1, 0.15) is 5.82 Å². The fourth-order valence-corrected chi connectivity index (χ4v) is 4.27. The SMILES string of the molecule is CCOC(=O)CC1CC(CC)C(c2nnc3cnc4[nH]ccc4n23)C1. The highest BCUT2D eigenvalue weighted by atomic mass is 16.5. The molecule has 1 N–H and O–H groups in total. The number of nitrogens with zero attached hydrogens (tertiary/aromatic N) is 4. The molecule has 7 nitrogen and oxygen atoms in total. The standard InChI is InChI=1S/C18H23N5O2/c1-3-12-7-11(9-16(24)25-4-2)8-13(12)18-22-21-15-10-20-17-14(23(15)18)5-6-19-17/h5-6,10-13,19H,3-4,7-9H2,1-2H3. The van der Waals surface area contributed by atoms with Gasteiger partial charge >= 0.3 is 5.97 Å². The maximum atomic E-state index is 11.9. The maximum absolute atomic E-state index is 11.9. The topological polar surface area (TPSA) is 85.2 Å². The van der Waals surface area contributed by atoms with Gasteiger partial charge in [0.15, 0.2) is 11.3 Å². The van der Waals surface area contributed by atoms with Gasteiger partial charge < -0.3 is 9.72 Å². The van der Waals surface area contributed by atoms with E-state index in [9.17, 15) is 4.79 Å².